The molecule has 0 aromatic heterocycles. The van der Waals surface area contributed by atoms with E-state index in [0.717, 1.165) is 43.9 Å². The number of carbonyl (C=O) groups excluding carboxylic acids is 2. The molecule has 4 nitrogen and oxygen atoms in total. The molecule has 0 saturated heterocycles. The van der Waals surface area contributed by atoms with E-state index in [4.69, 9.17) is 0 Å². The highest BCUT2D eigenvalue weighted by Crippen LogP contribution is 2.24. The summed E-state index contributed by atoms with van der Waals surface area (Å²) in [7, 11) is 0. The van der Waals surface area contributed by atoms with Gasteiger partial charge in [-0.05, 0) is 37.1 Å². The van der Waals surface area contributed by atoms with Gasteiger partial charge in [0.25, 0.3) is 5.91 Å². The molecular formula is C23H26F2N2O2S. The zero-order valence-electron chi connectivity index (χ0n) is 16.8. The number of nitrogens with one attached hydrogen (secondary N) is 2. The maximum Gasteiger partial charge on any atom is 0.256 e. The summed E-state index contributed by atoms with van der Waals surface area (Å²) in [6.45, 7) is 0. The Morgan fingerprint density at radius 1 is 0.933 bits per heavy atom. The van der Waals surface area contributed by atoms with Crippen LogP contribution in [-0.4, -0.2) is 23.6 Å². The van der Waals surface area contributed by atoms with Crippen molar-refractivity contribution in [1.82, 2.24) is 5.32 Å². The van der Waals surface area contributed by atoms with Crippen LogP contribution in [0.25, 0.3) is 0 Å². The van der Waals surface area contributed by atoms with Crippen LogP contribution in [0.3, 0.4) is 0 Å². The highest BCUT2D eigenvalue weighted by Gasteiger charge is 2.17. The summed E-state index contributed by atoms with van der Waals surface area (Å²) in [6, 6.07) is 9.95. The van der Waals surface area contributed by atoms with Gasteiger partial charge in [-0.25, -0.2) is 8.78 Å². The average Bonchev–Trinajstić information content (AvgIpc) is 2.68. The van der Waals surface area contributed by atoms with E-state index in [2.05, 4.69) is 10.6 Å². The van der Waals surface area contributed by atoms with E-state index in [0.29, 0.717) is 10.5 Å². The molecule has 0 spiro atoms. The van der Waals surface area contributed by atoms with Crippen LogP contribution in [0, 0.1) is 11.6 Å². The summed E-state index contributed by atoms with van der Waals surface area (Å²) < 4.78 is 26.7. The molecular weight excluding hydrogens is 406 g/mol. The third kappa shape index (κ3) is 6.83. The fourth-order valence-electron chi connectivity index (χ4n) is 3.62. The molecule has 30 heavy (non-hydrogen) atoms. The van der Waals surface area contributed by atoms with E-state index in [1.54, 1.807) is 24.3 Å². The lowest BCUT2D eigenvalue weighted by molar-refractivity contribution is -0.119. The number of rotatable bonds is 6. The van der Waals surface area contributed by atoms with Crippen molar-refractivity contribution < 1.29 is 18.4 Å². The quantitative estimate of drug-likeness (QED) is 0.590. The molecule has 1 fully saturated rings. The molecule has 2 aromatic carbocycles. The Bertz CT molecular complexity index is 863. The molecule has 0 atom stereocenters. The highest BCUT2D eigenvalue weighted by molar-refractivity contribution is 8.00. The molecule has 0 heterocycles. The van der Waals surface area contributed by atoms with Gasteiger partial charge in [-0.3, -0.25) is 9.59 Å². The van der Waals surface area contributed by atoms with Crippen LogP contribution < -0.4 is 10.6 Å². The Labute approximate surface area is 179 Å². The second-order valence-corrected chi connectivity index (χ2v) is 8.52. The van der Waals surface area contributed by atoms with Gasteiger partial charge in [0.15, 0.2) is 0 Å². The van der Waals surface area contributed by atoms with Gasteiger partial charge in [0.1, 0.15) is 11.6 Å². The molecule has 3 rings (SSSR count). The van der Waals surface area contributed by atoms with Crippen molar-refractivity contribution in [2.24, 2.45) is 0 Å². The fraction of sp³-hybridized carbons (Fsp3) is 0.391. The van der Waals surface area contributed by atoms with Crippen molar-refractivity contribution in [2.45, 2.75) is 55.9 Å². The van der Waals surface area contributed by atoms with Gasteiger partial charge < -0.3 is 10.6 Å². The summed E-state index contributed by atoms with van der Waals surface area (Å²) in [4.78, 5) is 25.7. The number of amides is 2. The SMILES string of the molecule is O=C(CSc1ccccc1C(=O)Nc1cc(F)cc(F)c1)NC1CCCCCCC1. The number of anilines is 1. The van der Waals surface area contributed by atoms with Crippen LogP contribution in [0.1, 0.15) is 55.3 Å². The first kappa shape index (κ1) is 22.3. The Balaban J connectivity index is 1.59. The Morgan fingerprint density at radius 3 is 2.27 bits per heavy atom. The Hall–Kier alpha value is -2.41. The number of halogens is 2. The molecule has 1 aliphatic rings. The monoisotopic (exact) mass is 432 g/mol. The zero-order chi connectivity index (χ0) is 21.3. The first-order chi connectivity index (χ1) is 14.5. The van der Waals surface area contributed by atoms with Crippen LogP contribution in [-0.2, 0) is 4.79 Å². The van der Waals surface area contributed by atoms with E-state index >= 15 is 0 Å². The third-order valence-corrected chi connectivity index (χ3v) is 6.15. The lowest BCUT2D eigenvalue weighted by Crippen LogP contribution is -2.36. The van der Waals surface area contributed by atoms with Crippen LogP contribution in [0.4, 0.5) is 14.5 Å². The summed E-state index contributed by atoms with van der Waals surface area (Å²) in [5.41, 5.74) is 0.394. The standard InChI is InChI=1S/C23H26F2N2O2S/c24-16-12-17(25)14-19(13-16)27-23(29)20-10-6-7-11-21(20)30-15-22(28)26-18-8-4-2-1-3-5-9-18/h6-7,10-14,18H,1-5,8-9,15H2,(H,26,28)(H,27,29). The first-order valence-electron chi connectivity index (χ1n) is 10.3. The van der Waals surface area contributed by atoms with Crippen LogP contribution in [0.2, 0.25) is 0 Å². The molecule has 0 aliphatic heterocycles. The molecule has 1 saturated carbocycles. The summed E-state index contributed by atoms with van der Waals surface area (Å²) in [6.07, 6.45) is 8.03. The largest absolute Gasteiger partial charge is 0.353 e. The van der Waals surface area contributed by atoms with Crippen LogP contribution >= 0.6 is 11.8 Å². The predicted octanol–water partition coefficient (Wildman–Crippen LogP) is 5.54. The summed E-state index contributed by atoms with van der Waals surface area (Å²) >= 11 is 1.28. The second kappa shape index (κ2) is 11.1. The fourth-order valence-corrected chi connectivity index (χ4v) is 4.48. The molecule has 160 valence electrons. The third-order valence-electron chi connectivity index (χ3n) is 5.08. The van der Waals surface area contributed by atoms with E-state index < -0.39 is 17.5 Å². The maximum absolute atomic E-state index is 13.4. The van der Waals surface area contributed by atoms with Crippen molar-refractivity contribution in [3.8, 4) is 0 Å². The summed E-state index contributed by atoms with van der Waals surface area (Å²) in [5, 5.41) is 5.63. The lowest BCUT2D eigenvalue weighted by Gasteiger charge is -2.21. The molecule has 2 amide bonds. The van der Waals surface area contributed by atoms with E-state index in [9.17, 15) is 18.4 Å². The van der Waals surface area contributed by atoms with E-state index in [1.165, 1.54) is 31.0 Å². The first-order valence-corrected chi connectivity index (χ1v) is 11.3. The molecule has 2 N–H and O–H groups in total. The summed E-state index contributed by atoms with van der Waals surface area (Å²) in [5.74, 6) is -1.86. The number of hydrogen-bond donors (Lipinski definition) is 2. The molecule has 0 bridgehead atoms. The predicted molar refractivity (Wildman–Crippen MR) is 116 cm³/mol. The van der Waals surface area contributed by atoms with Crippen molar-refractivity contribution in [1.29, 1.82) is 0 Å². The molecule has 2 aromatic rings. The number of benzene rings is 2. The topological polar surface area (TPSA) is 58.2 Å². The van der Waals surface area contributed by atoms with Crippen molar-refractivity contribution >= 4 is 29.3 Å². The smallest absolute Gasteiger partial charge is 0.256 e. The molecule has 0 unspecified atom stereocenters. The maximum atomic E-state index is 13.4. The lowest BCUT2D eigenvalue weighted by atomic mass is 9.97. The average molecular weight is 433 g/mol. The van der Waals surface area contributed by atoms with Gasteiger partial charge in [0.2, 0.25) is 5.91 Å². The Kier molecular flexibility index (Phi) is 8.25. The number of hydrogen-bond acceptors (Lipinski definition) is 3. The highest BCUT2D eigenvalue weighted by atomic mass is 32.2. The Morgan fingerprint density at radius 2 is 1.57 bits per heavy atom. The van der Waals surface area contributed by atoms with Crippen molar-refractivity contribution in [2.75, 3.05) is 11.1 Å². The van der Waals surface area contributed by atoms with Crippen molar-refractivity contribution in [3.63, 3.8) is 0 Å². The zero-order valence-corrected chi connectivity index (χ0v) is 17.6. The van der Waals surface area contributed by atoms with Crippen molar-refractivity contribution in [3.05, 3.63) is 59.7 Å². The number of thioether (sulfide) groups is 1. The minimum absolute atomic E-state index is 0.0410. The van der Waals surface area contributed by atoms with Crippen LogP contribution in [0.15, 0.2) is 47.4 Å². The van der Waals surface area contributed by atoms with Gasteiger partial charge in [-0.15, -0.1) is 11.8 Å². The number of carbonyl (C=O) groups is 2. The minimum atomic E-state index is -0.765. The van der Waals surface area contributed by atoms with Gasteiger partial charge >= 0.3 is 0 Å². The van der Waals surface area contributed by atoms with Gasteiger partial charge in [-0.1, -0.05) is 44.2 Å². The minimum Gasteiger partial charge on any atom is -0.353 e. The molecule has 7 heteroatoms. The molecule has 0 radical (unpaired) electrons. The van der Waals surface area contributed by atoms with Gasteiger partial charge in [0.05, 0.1) is 11.3 Å². The van der Waals surface area contributed by atoms with E-state index in [-0.39, 0.29) is 23.4 Å². The van der Waals surface area contributed by atoms with Crippen LogP contribution in [0.5, 0.6) is 0 Å². The normalized spacial score (nSPS) is 15.1. The van der Waals surface area contributed by atoms with Gasteiger partial charge in [0, 0.05) is 22.7 Å². The second-order valence-electron chi connectivity index (χ2n) is 7.51. The van der Waals surface area contributed by atoms with E-state index in [1.807, 2.05) is 0 Å². The van der Waals surface area contributed by atoms with Gasteiger partial charge in [-0.2, -0.15) is 0 Å². The molecule has 1 aliphatic carbocycles.